The molecule has 1 aromatic heterocycles. The van der Waals surface area contributed by atoms with Gasteiger partial charge in [0.05, 0.1) is 6.04 Å². The standard InChI is InChI=1S/C18H29N3/c1-3-19-16(17-20-5-6-21(17)4-2)18-10-13-7-14(11-18)9-15(8-13)12-18/h5-6,13-16,19H,3-4,7-12H2,1-2H3. The molecular formula is C18H29N3. The third-order valence-corrected chi connectivity index (χ3v) is 6.45. The Hall–Kier alpha value is -0.830. The second-order valence-corrected chi connectivity index (χ2v) is 7.84. The van der Waals surface area contributed by atoms with Gasteiger partial charge in [0, 0.05) is 18.9 Å². The van der Waals surface area contributed by atoms with E-state index >= 15 is 0 Å². The number of rotatable bonds is 5. The van der Waals surface area contributed by atoms with Gasteiger partial charge >= 0.3 is 0 Å². The van der Waals surface area contributed by atoms with Crippen molar-refractivity contribution >= 4 is 0 Å². The number of nitrogens with one attached hydrogen (secondary N) is 1. The third kappa shape index (κ3) is 2.16. The normalized spacial score (nSPS) is 38.9. The average Bonchev–Trinajstić information content (AvgIpc) is 2.91. The zero-order valence-electron chi connectivity index (χ0n) is 13.5. The minimum Gasteiger partial charge on any atom is -0.334 e. The Balaban J connectivity index is 1.70. The SMILES string of the molecule is CCNC(c1nccn1CC)C12CC3CC(CC(C3)C1)C2. The van der Waals surface area contributed by atoms with Crippen LogP contribution in [-0.4, -0.2) is 16.1 Å². The monoisotopic (exact) mass is 287 g/mol. The highest BCUT2D eigenvalue weighted by molar-refractivity contribution is 5.13. The second-order valence-electron chi connectivity index (χ2n) is 7.84. The van der Waals surface area contributed by atoms with Crippen LogP contribution < -0.4 is 5.32 Å². The van der Waals surface area contributed by atoms with Gasteiger partial charge in [-0.1, -0.05) is 6.92 Å². The van der Waals surface area contributed by atoms with Gasteiger partial charge in [-0.2, -0.15) is 0 Å². The van der Waals surface area contributed by atoms with Crippen LogP contribution in [0.2, 0.25) is 0 Å². The van der Waals surface area contributed by atoms with E-state index < -0.39 is 0 Å². The predicted molar refractivity (Wildman–Crippen MR) is 84.9 cm³/mol. The topological polar surface area (TPSA) is 29.9 Å². The van der Waals surface area contributed by atoms with Crippen LogP contribution in [0.4, 0.5) is 0 Å². The number of aromatic nitrogens is 2. The lowest BCUT2D eigenvalue weighted by Gasteiger charge is -2.59. The minimum absolute atomic E-state index is 0.464. The fourth-order valence-electron chi connectivity index (χ4n) is 6.17. The number of hydrogen-bond acceptors (Lipinski definition) is 2. The third-order valence-electron chi connectivity index (χ3n) is 6.45. The molecular weight excluding hydrogens is 258 g/mol. The van der Waals surface area contributed by atoms with Crippen LogP contribution in [0.25, 0.3) is 0 Å². The van der Waals surface area contributed by atoms with Crippen LogP contribution in [0.5, 0.6) is 0 Å². The molecule has 4 saturated carbocycles. The maximum atomic E-state index is 4.76. The first kappa shape index (κ1) is 13.8. The first-order valence-electron chi connectivity index (χ1n) is 8.98. The highest BCUT2D eigenvalue weighted by Gasteiger charge is 2.55. The molecule has 1 unspecified atom stereocenters. The maximum absolute atomic E-state index is 4.76. The van der Waals surface area contributed by atoms with Gasteiger partial charge in [0.15, 0.2) is 0 Å². The van der Waals surface area contributed by atoms with E-state index in [1.54, 1.807) is 0 Å². The van der Waals surface area contributed by atoms with E-state index in [4.69, 9.17) is 4.98 Å². The van der Waals surface area contributed by atoms with Crippen molar-refractivity contribution in [3.63, 3.8) is 0 Å². The van der Waals surface area contributed by atoms with E-state index in [1.807, 2.05) is 6.20 Å². The summed E-state index contributed by atoms with van der Waals surface area (Å²) in [6.07, 6.45) is 13.0. The molecule has 1 N–H and O–H groups in total. The maximum Gasteiger partial charge on any atom is 0.126 e. The van der Waals surface area contributed by atoms with Gasteiger partial charge in [-0.05, 0) is 75.2 Å². The van der Waals surface area contributed by atoms with Crippen molar-refractivity contribution in [1.82, 2.24) is 14.9 Å². The van der Waals surface area contributed by atoms with Crippen LogP contribution in [0.1, 0.15) is 64.2 Å². The summed E-state index contributed by atoms with van der Waals surface area (Å²) in [7, 11) is 0. The van der Waals surface area contributed by atoms with E-state index in [0.717, 1.165) is 30.8 Å². The summed E-state index contributed by atoms with van der Waals surface area (Å²) in [6, 6.07) is 0.464. The number of imidazole rings is 1. The molecule has 0 spiro atoms. The smallest absolute Gasteiger partial charge is 0.126 e. The summed E-state index contributed by atoms with van der Waals surface area (Å²) in [5.41, 5.74) is 0.489. The zero-order valence-corrected chi connectivity index (χ0v) is 13.5. The first-order chi connectivity index (χ1) is 10.2. The Morgan fingerprint density at radius 2 is 1.81 bits per heavy atom. The van der Waals surface area contributed by atoms with Gasteiger partial charge in [-0.15, -0.1) is 0 Å². The molecule has 4 aliphatic carbocycles. The van der Waals surface area contributed by atoms with Crippen molar-refractivity contribution < 1.29 is 0 Å². The van der Waals surface area contributed by atoms with E-state index in [0.29, 0.717) is 11.5 Å². The summed E-state index contributed by atoms with van der Waals surface area (Å²) in [4.78, 5) is 4.76. The number of nitrogens with zero attached hydrogens (tertiary/aromatic N) is 2. The summed E-state index contributed by atoms with van der Waals surface area (Å²) in [6.45, 7) is 6.55. The van der Waals surface area contributed by atoms with Crippen LogP contribution in [-0.2, 0) is 6.54 Å². The minimum atomic E-state index is 0.464. The Morgan fingerprint density at radius 1 is 1.19 bits per heavy atom. The predicted octanol–water partition coefficient (Wildman–Crippen LogP) is 3.77. The highest BCUT2D eigenvalue weighted by atomic mass is 15.1. The molecule has 5 rings (SSSR count). The lowest BCUT2D eigenvalue weighted by atomic mass is 9.47. The molecule has 21 heavy (non-hydrogen) atoms. The van der Waals surface area contributed by atoms with E-state index in [2.05, 4.69) is 29.9 Å². The van der Waals surface area contributed by atoms with Crippen LogP contribution in [0.3, 0.4) is 0 Å². The summed E-state index contributed by atoms with van der Waals surface area (Å²) in [5, 5.41) is 3.83. The molecule has 0 radical (unpaired) electrons. The van der Waals surface area contributed by atoms with Crippen LogP contribution >= 0.6 is 0 Å². The summed E-state index contributed by atoms with van der Waals surface area (Å²) in [5.74, 6) is 4.30. The van der Waals surface area contributed by atoms with Crippen molar-refractivity contribution in [2.45, 2.75) is 65.0 Å². The van der Waals surface area contributed by atoms with Crippen molar-refractivity contribution in [2.75, 3.05) is 6.54 Å². The number of hydrogen-bond donors (Lipinski definition) is 1. The Morgan fingerprint density at radius 3 is 2.33 bits per heavy atom. The average molecular weight is 287 g/mol. The van der Waals surface area contributed by atoms with Gasteiger partial charge in [0.2, 0.25) is 0 Å². The van der Waals surface area contributed by atoms with Crippen molar-refractivity contribution in [1.29, 1.82) is 0 Å². The van der Waals surface area contributed by atoms with Gasteiger partial charge in [-0.25, -0.2) is 4.98 Å². The molecule has 4 bridgehead atoms. The first-order valence-corrected chi connectivity index (χ1v) is 8.98. The lowest BCUT2D eigenvalue weighted by molar-refractivity contribution is -0.0767. The molecule has 1 atom stereocenters. The molecule has 0 saturated heterocycles. The van der Waals surface area contributed by atoms with Crippen molar-refractivity contribution in [2.24, 2.45) is 23.2 Å². The summed E-state index contributed by atoms with van der Waals surface area (Å²) >= 11 is 0. The van der Waals surface area contributed by atoms with Crippen molar-refractivity contribution in [3.05, 3.63) is 18.2 Å². The zero-order chi connectivity index (χ0) is 14.4. The quantitative estimate of drug-likeness (QED) is 0.893. The van der Waals surface area contributed by atoms with Crippen molar-refractivity contribution in [3.8, 4) is 0 Å². The largest absolute Gasteiger partial charge is 0.334 e. The lowest BCUT2D eigenvalue weighted by Crippen LogP contribution is -2.52. The molecule has 0 aromatic carbocycles. The fraction of sp³-hybridized carbons (Fsp3) is 0.833. The molecule has 3 heteroatoms. The molecule has 0 amide bonds. The van der Waals surface area contributed by atoms with Gasteiger partial charge in [0.25, 0.3) is 0 Å². The van der Waals surface area contributed by atoms with E-state index in [-0.39, 0.29) is 0 Å². The molecule has 4 aliphatic rings. The highest BCUT2D eigenvalue weighted by Crippen LogP contribution is 2.63. The van der Waals surface area contributed by atoms with E-state index in [9.17, 15) is 0 Å². The van der Waals surface area contributed by atoms with E-state index in [1.165, 1.54) is 44.3 Å². The van der Waals surface area contributed by atoms with Gasteiger partial charge in [0.1, 0.15) is 5.82 Å². The molecule has 3 nitrogen and oxygen atoms in total. The van der Waals surface area contributed by atoms with Gasteiger partial charge in [-0.3, -0.25) is 0 Å². The van der Waals surface area contributed by atoms with Crippen LogP contribution in [0, 0.1) is 23.2 Å². The molecule has 4 fully saturated rings. The second kappa shape index (κ2) is 5.12. The Labute approximate surface area is 128 Å². The number of aryl methyl sites for hydroxylation is 1. The summed E-state index contributed by atoms with van der Waals surface area (Å²) < 4.78 is 2.35. The van der Waals surface area contributed by atoms with Crippen LogP contribution in [0.15, 0.2) is 12.4 Å². The fourth-order valence-corrected chi connectivity index (χ4v) is 6.17. The molecule has 1 heterocycles. The van der Waals surface area contributed by atoms with Gasteiger partial charge < -0.3 is 9.88 Å². The molecule has 0 aliphatic heterocycles. The Bertz CT molecular complexity index is 469. The Kier molecular flexibility index (Phi) is 3.36. The molecule has 1 aromatic rings. The molecule has 116 valence electrons.